The lowest BCUT2D eigenvalue weighted by Crippen LogP contribution is -2.53. The van der Waals surface area contributed by atoms with Crippen molar-refractivity contribution in [3.63, 3.8) is 0 Å². The first-order chi connectivity index (χ1) is 13.0. The predicted octanol–water partition coefficient (Wildman–Crippen LogP) is 4.43. The van der Waals surface area contributed by atoms with Gasteiger partial charge in [-0.15, -0.1) is 0 Å². The Morgan fingerprint density at radius 1 is 1.11 bits per heavy atom. The van der Waals surface area contributed by atoms with E-state index in [0.717, 1.165) is 0 Å². The van der Waals surface area contributed by atoms with Crippen LogP contribution >= 0.6 is 0 Å². The quantitative estimate of drug-likeness (QED) is 0.713. The molecule has 150 valence electrons. The molecule has 0 spiro atoms. The largest absolute Gasteiger partial charge is 0.457 e. The highest BCUT2D eigenvalue weighted by Gasteiger charge is 2.55. The highest BCUT2D eigenvalue weighted by molar-refractivity contribution is 5.93. The van der Waals surface area contributed by atoms with Crippen molar-refractivity contribution in [2.75, 3.05) is 11.9 Å². The summed E-state index contributed by atoms with van der Waals surface area (Å²) in [6.45, 7) is 2.74. The molecular formula is C21H22F3NO3. The molecule has 1 atom stereocenters. The number of rotatable bonds is 6. The second-order valence-corrected chi connectivity index (χ2v) is 7.76. The van der Waals surface area contributed by atoms with Crippen molar-refractivity contribution in [1.82, 2.24) is 0 Å². The lowest BCUT2D eigenvalue weighted by Gasteiger charge is -2.38. The molecule has 28 heavy (non-hydrogen) atoms. The number of aliphatic hydroxyl groups is 1. The maximum absolute atomic E-state index is 13.8. The number of anilines is 1. The van der Waals surface area contributed by atoms with Crippen LogP contribution in [-0.2, 0) is 16.8 Å². The van der Waals surface area contributed by atoms with Gasteiger partial charge < -0.3 is 15.2 Å². The molecule has 0 amide bonds. The molecule has 3 rings (SSSR count). The summed E-state index contributed by atoms with van der Waals surface area (Å²) in [5.41, 5.74) is -1.72. The van der Waals surface area contributed by atoms with Crippen molar-refractivity contribution in [2.45, 2.75) is 44.1 Å². The summed E-state index contributed by atoms with van der Waals surface area (Å²) in [7, 11) is 0. The van der Waals surface area contributed by atoms with Gasteiger partial charge in [0.05, 0.1) is 12.1 Å². The fraction of sp³-hybridized carbons (Fsp3) is 0.381. The standard InChI is InChI=1S/C21H22F3NO3/c1-19(2,15-6-4-3-5-7-15)12-20(27,21(22,23)24)13-25-16-8-9-17-14(10-16)11-28-18(17)26/h3-10,25,27H,11-13H2,1-2H3. The Kier molecular flexibility index (Phi) is 5.14. The van der Waals surface area contributed by atoms with Gasteiger partial charge in [-0.3, -0.25) is 0 Å². The number of carbonyl (C=O) groups is 1. The predicted molar refractivity (Wildman–Crippen MR) is 99.1 cm³/mol. The highest BCUT2D eigenvalue weighted by Crippen LogP contribution is 2.41. The lowest BCUT2D eigenvalue weighted by molar-refractivity contribution is -0.260. The van der Waals surface area contributed by atoms with Crippen molar-refractivity contribution in [1.29, 1.82) is 0 Å². The molecule has 4 nitrogen and oxygen atoms in total. The first kappa shape index (κ1) is 20.2. The zero-order valence-corrected chi connectivity index (χ0v) is 15.6. The molecule has 0 radical (unpaired) electrons. The van der Waals surface area contributed by atoms with Crippen molar-refractivity contribution in [3.8, 4) is 0 Å². The minimum Gasteiger partial charge on any atom is -0.457 e. The van der Waals surface area contributed by atoms with Gasteiger partial charge in [0.15, 0.2) is 5.60 Å². The minimum absolute atomic E-state index is 0.0915. The van der Waals surface area contributed by atoms with E-state index in [-0.39, 0.29) is 6.61 Å². The molecule has 7 heteroatoms. The summed E-state index contributed by atoms with van der Waals surface area (Å²) in [6.07, 6.45) is -5.32. The van der Waals surface area contributed by atoms with E-state index in [0.29, 0.717) is 22.4 Å². The normalized spacial score (nSPS) is 16.3. The van der Waals surface area contributed by atoms with E-state index >= 15 is 0 Å². The number of ether oxygens (including phenoxy) is 1. The van der Waals surface area contributed by atoms with Crippen LogP contribution in [0.15, 0.2) is 48.5 Å². The number of hydrogen-bond donors (Lipinski definition) is 2. The van der Waals surface area contributed by atoms with Gasteiger partial charge in [-0.05, 0) is 35.6 Å². The molecule has 0 saturated heterocycles. The van der Waals surface area contributed by atoms with Crippen LogP contribution in [0.4, 0.5) is 18.9 Å². The molecule has 2 aromatic carbocycles. The number of halogens is 3. The number of carbonyl (C=O) groups excluding carboxylic acids is 1. The van der Waals surface area contributed by atoms with Crippen LogP contribution < -0.4 is 5.32 Å². The topological polar surface area (TPSA) is 58.6 Å². The second-order valence-electron chi connectivity index (χ2n) is 7.76. The Morgan fingerprint density at radius 3 is 2.43 bits per heavy atom. The van der Waals surface area contributed by atoms with Crippen LogP contribution in [0.25, 0.3) is 0 Å². The molecule has 1 heterocycles. The van der Waals surface area contributed by atoms with E-state index in [2.05, 4.69) is 5.32 Å². The Bertz CT molecular complexity index is 865. The fourth-order valence-electron chi connectivity index (χ4n) is 3.48. The van der Waals surface area contributed by atoms with Crippen molar-refractivity contribution < 1.29 is 27.8 Å². The summed E-state index contributed by atoms with van der Waals surface area (Å²) in [5, 5.41) is 13.2. The average molecular weight is 393 g/mol. The van der Waals surface area contributed by atoms with Gasteiger partial charge in [-0.1, -0.05) is 44.2 Å². The number of cyclic esters (lactones) is 1. The van der Waals surface area contributed by atoms with E-state index < -0.39 is 36.1 Å². The van der Waals surface area contributed by atoms with Gasteiger partial charge in [-0.25, -0.2) is 4.79 Å². The highest BCUT2D eigenvalue weighted by atomic mass is 19.4. The Labute approximate surface area is 161 Å². The van der Waals surface area contributed by atoms with Gasteiger partial charge in [-0.2, -0.15) is 13.2 Å². The molecular weight excluding hydrogens is 371 g/mol. The Hall–Kier alpha value is -2.54. The number of nitrogens with one attached hydrogen (secondary N) is 1. The second kappa shape index (κ2) is 7.13. The van der Waals surface area contributed by atoms with Crippen LogP contribution in [0.5, 0.6) is 0 Å². The first-order valence-electron chi connectivity index (χ1n) is 8.90. The van der Waals surface area contributed by atoms with Crippen molar-refractivity contribution in [2.24, 2.45) is 0 Å². The molecule has 0 aliphatic carbocycles. The fourth-order valence-corrected chi connectivity index (χ4v) is 3.48. The van der Waals surface area contributed by atoms with Crippen LogP contribution in [0.3, 0.4) is 0 Å². The van der Waals surface area contributed by atoms with Crippen molar-refractivity contribution in [3.05, 3.63) is 65.2 Å². The maximum Gasteiger partial charge on any atom is 0.418 e. The van der Waals surface area contributed by atoms with Gasteiger partial charge in [0.2, 0.25) is 0 Å². The summed E-state index contributed by atoms with van der Waals surface area (Å²) in [5.74, 6) is -0.446. The summed E-state index contributed by atoms with van der Waals surface area (Å²) >= 11 is 0. The first-order valence-corrected chi connectivity index (χ1v) is 8.90. The average Bonchev–Trinajstić information content (AvgIpc) is 3.00. The minimum atomic E-state index is -4.82. The van der Waals surface area contributed by atoms with E-state index in [1.165, 1.54) is 12.1 Å². The molecule has 1 unspecified atom stereocenters. The molecule has 0 aromatic heterocycles. The summed E-state index contributed by atoms with van der Waals surface area (Å²) in [6, 6.07) is 13.4. The smallest absolute Gasteiger partial charge is 0.418 e. The molecule has 1 aliphatic heterocycles. The molecule has 2 aromatic rings. The summed E-state index contributed by atoms with van der Waals surface area (Å²) < 4.78 is 46.2. The molecule has 1 aliphatic rings. The third kappa shape index (κ3) is 3.99. The van der Waals surface area contributed by atoms with Crippen LogP contribution in [0.2, 0.25) is 0 Å². The number of hydrogen-bond acceptors (Lipinski definition) is 4. The maximum atomic E-state index is 13.8. The monoisotopic (exact) mass is 393 g/mol. The third-order valence-corrected chi connectivity index (χ3v) is 5.09. The van der Waals surface area contributed by atoms with E-state index in [1.807, 2.05) is 0 Å². The lowest BCUT2D eigenvalue weighted by atomic mass is 9.75. The van der Waals surface area contributed by atoms with E-state index in [9.17, 15) is 23.1 Å². The van der Waals surface area contributed by atoms with Crippen LogP contribution in [-0.4, -0.2) is 29.4 Å². The van der Waals surface area contributed by atoms with Gasteiger partial charge >= 0.3 is 12.1 Å². The van der Waals surface area contributed by atoms with Crippen LogP contribution in [0, 0.1) is 0 Å². The van der Waals surface area contributed by atoms with Gasteiger partial charge in [0.1, 0.15) is 6.61 Å². The van der Waals surface area contributed by atoms with E-state index in [1.54, 1.807) is 50.2 Å². The van der Waals surface area contributed by atoms with Crippen LogP contribution in [0.1, 0.15) is 41.8 Å². The summed E-state index contributed by atoms with van der Waals surface area (Å²) in [4.78, 5) is 11.5. The Balaban J connectivity index is 1.80. The Morgan fingerprint density at radius 2 is 1.79 bits per heavy atom. The van der Waals surface area contributed by atoms with E-state index in [4.69, 9.17) is 4.74 Å². The molecule has 0 saturated carbocycles. The molecule has 0 fully saturated rings. The third-order valence-electron chi connectivity index (χ3n) is 5.09. The van der Waals surface area contributed by atoms with Crippen molar-refractivity contribution >= 4 is 11.7 Å². The van der Waals surface area contributed by atoms with Gasteiger partial charge in [0.25, 0.3) is 0 Å². The number of benzene rings is 2. The van der Waals surface area contributed by atoms with Gasteiger partial charge in [0, 0.05) is 11.3 Å². The number of fused-ring (bicyclic) bond motifs is 1. The number of esters is 1. The SMILES string of the molecule is CC(C)(CC(O)(CNc1ccc2c(c1)COC2=O)C(F)(F)F)c1ccccc1. The zero-order chi connectivity index (χ0) is 20.6. The molecule has 2 N–H and O–H groups in total. The number of alkyl halides is 3. The zero-order valence-electron chi connectivity index (χ0n) is 15.6. The molecule has 0 bridgehead atoms.